The predicted molar refractivity (Wildman–Crippen MR) is 68.4 cm³/mol. The number of aromatic nitrogens is 2. The zero-order valence-electron chi connectivity index (χ0n) is 10.9. The van der Waals surface area contributed by atoms with E-state index < -0.39 is 0 Å². The SMILES string of the molecule is CC(NCc1cncn1C)C1CC2CCC1C2. The number of fused-ring (bicyclic) bond motifs is 2. The molecule has 0 spiro atoms. The Morgan fingerprint density at radius 1 is 1.47 bits per heavy atom. The summed E-state index contributed by atoms with van der Waals surface area (Å²) < 4.78 is 2.10. The Kier molecular flexibility index (Phi) is 2.95. The first-order valence-electron chi connectivity index (χ1n) is 6.92. The van der Waals surface area contributed by atoms with Gasteiger partial charge in [-0.25, -0.2) is 4.98 Å². The number of hydrogen-bond donors (Lipinski definition) is 1. The number of imidazole rings is 1. The van der Waals surface area contributed by atoms with Crippen LogP contribution in [0, 0.1) is 17.8 Å². The van der Waals surface area contributed by atoms with Crippen LogP contribution in [0.2, 0.25) is 0 Å². The van der Waals surface area contributed by atoms with Gasteiger partial charge in [-0.15, -0.1) is 0 Å². The maximum atomic E-state index is 4.16. The summed E-state index contributed by atoms with van der Waals surface area (Å²) in [5.74, 6) is 2.97. The molecule has 0 aromatic carbocycles. The molecule has 0 amide bonds. The summed E-state index contributed by atoms with van der Waals surface area (Å²) in [6, 6.07) is 0.653. The number of aryl methyl sites for hydroxylation is 1. The summed E-state index contributed by atoms with van der Waals surface area (Å²) in [6.07, 6.45) is 9.77. The molecular formula is C14H23N3. The molecule has 2 bridgehead atoms. The highest BCUT2D eigenvalue weighted by Gasteiger charge is 2.41. The molecule has 17 heavy (non-hydrogen) atoms. The van der Waals surface area contributed by atoms with Gasteiger partial charge in [0.2, 0.25) is 0 Å². The van der Waals surface area contributed by atoms with Crippen LogP contribution in [0.1, 0.15) is 38.3 Å². The first-order valence-corrected chi connectivity index (χ1v) is 6.92. The normalized spacial score (nSPS) is 33.2. The lowest BCUT2D eigenvalue weighted by Gasteiger charge is -2.28. The Labute approximate surface area is 104 Å². The molecule has 3 heteroatoms. The van der Waals surface area contributed by atoms with Gasteiger partial charge in [-0.2, -0.15) is 0 Å². The Morgan fingerprint density at radius 3 is 2.94 bits per heavy atom. The fraction of sp³-hybridized carbons (Fsp3) is 0.786. The third kappa shape index (κ3) is 2.13. The summed E-state index contributed by atoms with van der Waals surface area (Å²) in [4.78, 5) is 4.16. The van der Waals surface area contributed by atoms with Gasteiger partial charge in [0.25, 0.3) is 0 Å². The standard InChI is InChI=1S/C14H23N3/c1-10(14-6-11-3-4-12(14)5-11)16-8-13-7-15-9-17(13)2/h7,9-12,14,16H,3-6,8H2,1-2H3. The van der Waals surface area contributed by atoms with Crippen molar-refractivity contribution in [1.29, 1.82) is 0 Å². The highest BCUT2D eigenvalue weighted by Crippen LogP contribution is 2.49. The monoisotopic (exact) mass is 233 g/mol. The van der Waals surface area contributed by atoms with Crippen LogP contribution in [0.15, 0.2) is 12.5 Å². The zero-order chi connectivity index (χ0) is 11.8. The molecule has 0 aliphatic heterocycles. The van der Waals surface area contributed by atoms with Crippen molar-refractivity contribution in [3.63, 3.8) is 0 Å². The molecule has 1 N–H and O–H groups in total. The molecule has 2 saturated carbocycles. The van der Waals surface area contributed by atoms with Crippen molar-refractivity contribution in [2.75, 3.05) is 0 Å². The quantitative estimate of drug-likeness (QED) is 0.865. The van der Waals surface area contributed by atoms with Crippen LogP contribution in [0.3, 0.4) is 0 Å². The van der Waals surface area contributed by atoms with Crippen molar-refractivity contribution in [2.24, 2.45) is 24.8 Å². The average Bonchev–Trinajstić information content (AvgIpc) is 3.01. The zero-order valence-corrected chi connectivity index (χ0v) is 10.9. The molecule has 0 radical (unpaired) electrons. The smallest absolute Gasteiger partial charge is 0.0945 e. The Bertz CT molecular complexity index is 385. The maximum absolute atomic E-state index is 4.16. The Balaban J connectivity index is 1.54. The van der Waals surface area contributed by atoms with E-state index in [4.69, 9.17) is 0 Å². The van der Waals surface area contributed by atoms with Crippen LogP contribution in [0.25, 0.3) is 0 Å². The van der Waals surface area contributed by atoms with Crippen LogP contribution < -0.4 is 5.32 Å². The minimum Gasteiger partial charge on any atom is -0.337 e. The molecule has 1 aromatic rings. The number of hydrogen-bond acceptors (Lipinski definition) is 2. The molecule has 2 aliphatic carbocycles. The Hall–Kier alpha value is -0.830. The summed E-state index contributed by atoms with van der Waals surface area (Å²) in [6.45, 7) is 3.31. The van der Waals surface area contributed by atoms with Crippen molar-refractivity contribution in [3.8, 4) is 0 Å². The summed E-state index contributed by atoms with van der Waals surface area (Å²) in [5.41, 5.74) is 1.28. The molecule has 1 aromatic heterocycles. The van der Waals surface area contributed by atoms with Crippen molar-refractivity contribution < 1.29 is 0 Å². The third-order valence-electron chi connectivity index (χ3n) is 4.96. The number of rotatable bonds is 4. The van der Waals surface area contributed by atoms with E-state index >= 15 is 0 Å². The maximum Gasteiger partial charge on any atom is 0.0945 e. The summed E-state index contributed by atoms with van der Waals surface area (Å²) in [7, 11) is 2.06. The molecule has 0 saturated heterocycles. The average molecular weight is 233 g/mol. The van der Waals surface area contributed by atoms with Gasteiger partial charge < -0.3 is 9.88 Å². The molecule has 2 fully saturated rings. The van der Waals surface area contributed by atoms with Crippen LogP contribution in [0.4, 0.5) is 0 Å². The van der Waals surface area contributed by atoms with Crippen molar-refractivity contribution in [1.82, 2.24) is 14.9 Å². The second kappa shape index (κ2) is 4.45. The fourth-order valence-corrected chi connectivity index (χ4v) is 3.88. The third-order valence-corrected chi connectivity index (χ3v) is 4.96. The number of nitrogens with one attached hydrogen (secondary N) is 1. The van der Waals surface area contributed by atoms with Crippen LogP contribution in [-0.2, 0) is 13.6 Å². The van der Waals surface area contributed by atoms with Crippen molar-refractivity contribution in [3.05, 3.63) is 18.2 Å². The lowest BCUT2D eigenvalue weighted by atomic mass is 9.84. The van der Waals surface area contributed by atoms with E-state index in [0.29, 0.717) is 6.04 Å². The van der Waals surface area contributed by atoms with Crippen molar-refractivity contribution in [2.45, 2.75) is 45.2 Å². The van der Waals surface area contributed by atoms with Gasteiger partial charge in [-0.3, -0.25) is 0 Å². The van der Waals surface area contributed by atoms with Gasteiger partial charge in [0.05, 0.1) is 12.0 Å². The Morgan fingerprint density at radius 2 is 2.35 bits per heavy atom. The van der Waals surface area contributed by atoms with Gasteiger partial charge in [0.15, 0.2) is 0 Å². The van der Waals surface area contributed by atoms with E-state index in [1.807, 2.05) is 12.5 Å². The lowest BCUT2D eigenvalue weighted by Crippen LogP contribution is -2.36. The van der Waals surface area contributed by atoms with Gasteiger partial charge >= 0.3 is 0 Å². The minimum absolute atomic E-state index is 0.653. The highest BCUT2D eigenvalue weighted by atomic mass is 15.0. The van der Waals surface area contributed by atoms with Crippen LogP contribution >= 0.6 is 0 Å². The van der Waals surface area contributed by atoms with Crippen LogP contribution in [-0.4, -0.2) is 15.6 Å². The highest BCUT2D eigenvalue weighted by molar-refractivity contribution is 4.99. The molecule has 3 rings (SSSR count). The first-order chi connectivity index (χ1) is 8.24. The van der Waals surface area contributed by atoms with Gasteiger partial charge in [0, 0.05) is 25.8 Å². The molecule has 4 atom stereocenters. The number of nitrogens with zero attached hydrogens (tertiary/aromatic N) is 2. The van der Waals surface area contributed by atoms with E-state index in [1.165, 1.54) is 31.4 Å². The van der Waals surface area contributed by atoms with Crippen molar-refractivity contribution >= 4 is 0 Å². The van der Waals surface area contributed by atoms with E-state index in [9.17, 15) is 0 Å². The molecule has 4 unspecified atom stereocenters. The van der Waals surface area contributed by atoms with E-state index in [2.05, 4.69) is 28.8 Å². The van der Waals surface area contributed by atoms with Gasteiger partial charge in [-0.05, 0) is 43.9 Å². The van der Waals surface area contributed by atoms with E-state index in [0.717, 1.165) is 24.3 Å². The minimum atomic E-state index is 0.653. The molecular weight excluding hydrogens is 210 g/mol. The van der Waals surface area contributed by atoms with Gasteiger partial charge in [0.1, 0.15) is 0 Å². The van der Waals surface area contributed by atoms with Crippen LogP contribution in [0.5, 0.6) is 0 Å². The fourth-order valence-electron chi connectivity index (χ4n) is 3.88. The lowest BCUT2D eigenvalue weighted by molar-refractivity contribution is 0.258. The summed E-state index contributed by atoms with van der Waals surface area (Å²) in [5, 5.41) is 3.69. The molecule has 94 valence electrons. The molecule has 3 nitrogen and oxygen atoms in total. The topological polar surface area (TPSA) is 29.9 Å². The largest absolute Gasteiger partial charge is 0.337 e. The second-order valence-corrected chi connectivity index (χ2v) is 6.00. The molecule has 2 aliphatic rings. The van der Waals surface area contributed by atoms with E-state index in [1.54, 1.807) is 0 Å². The molecule has 1 heterocycles. The van der Waals surface area contributed by atoms with Gasteiger partial charge in [-0.1, -0.05) is 6.42 Å². The first kappa shape index (κ1) is 11.3. The van der Waals surface area contributed by atoms with E-state index in [-0.39, 0.29) is 0 Å². The second-order valence-electron chi connectivity index (χ2n) is 6.00. The summed E-state index contributed by atoms with van der Waals surface area (Å²) >= 11 is 0. The predicted octanol–water partition coefficient (Wildman–Crippen LogP) is 2.33.